The van der Waals surface area contributed by atoms with Crippen molar-refractivity contribution in [3.8, 4) is 11.4 Å². The van der Waals surface area contributed by atoms with E-state index in [-0.39, 0.29) is 30.7 Å². The van der Waals surface area contributed by atoms with Crippen LogP contribution < -0.4 is 15.4 Å². The van der Waals surface area contributed by atoms with E-state index in [0.717, 1.165) is 16.8 Å². The molecule has 35 heavy (non-hydrogen) atoms. The summed E-state index contributed by atoms with van der Waals surface area (Å²) in [4.78, 5) is 24.6. The molecular formula is C22H20FN7O3S2. The number of hydrogen-bond donors (Lipinski definition) is 2. The van der Waals surface area contributed by atoms with E-state index in [0.29, 0.717) is 27.5 Å². The molecule has 10 nitrogen and oxygen atoms in total. The summed E-state index contributed by atoms with van der Waals surface area (Å²) in [6, 6.07) is 14.7. The van der Waals surface area contributed by atoms with Crippen LogP contribution in [-0.2, 0) is 16.1 Å². The van der Waals surface area contributed by atoms with Crippen LogP contribution in [0.5, 0.6) is 5.75 Å². The Kier molecular flexibility index (Phi) is 8.00. The maximum absolute atomic E-state index is 13.5. The highest BCUT2D eigenvalue weighted by Crippen LogP contribution is 2.23. The minimum Gasteiger partial charge on any atom is -0.484 e. The number of carbonyl (C=O) groups is 2. The Morgan fingerprint density at radius 1 is 1.03 bits per heavy atom. The first-order chi connectivity index (χ1) is 17.0. The second kappa shape index (κ2) is 11.5. The van der Waals surface area contributed by atoms with Gasteiger partial charge in [0.15, 0.2) is 17.6 Å². The maximum atomic E-state index is 13.5. The van der Waals surface area contributed by atoms with Crippen molar-refractivity contribution in [3.05, 3.63) is 71.2 Å². The van der Waals surface area contributed by atoms with Crippen molar-refractivity contribution in [3.63, 3.8) is 0 Å². The van der Waals surface area contributed by atoms with Gasteiger partial charge in [-0.2, -0.15) is 0 Å². The fourth-order valence-corrected chi connectivity index (χ4v) is 4.26. The van der Waals surface area contributed by atoms with Gasteiger partial charge in [-0.1, -0.05) is 41.3 Å². The van der Waals surface area contributed by atoms with Crippen LogP contribution in [0.15, 0.2) is 59.8 Å². The number of amides is 2. The van der Waals surface area contributed by atoms with E-state index >= 15 is 0 Å². The number of para-hydroxylation sites is 1. The van der Waals surface area contributed by atoms with Gasteiger partial charge in [0.05, 0.1) is 12.3 Å². The molecule has 2 N–H and O–H groups in total. The number of nitrogens with one attached hydrogen (secondary N) is 2. The second-order valence-electron chi connectivity index (χ2n) is 7.05. The molecule has 2 amide bonds. The van der Waals surface area contributed by atoms with Gasteiger partial charge in [0, 0.05) is 5.69 Å². The molecule has 2 aromatic carbocycles. The summed E-state index contributed by atoms with van der Waals surface area (Å²) in [6.45, 7) is 1.68. The van der Waals surface area contributed by atoms with E-state index in [1.54, 1.807) is 35.8 Å². The number of anilines is 1. The number of benzene rings is 2. The van der Waals surface area contributed by atoms with Crippen LogP contribution in [-0.4, -0.2) is 49.1 Å². The standard InChI is InChI=1S/C22H20FN7O3S2/c1-14-26-28-21(35-14)25-20(32)13-34-22-29-27-18(30(22)16-9-7-15(23)8-10-16)11-24-19(31)12-33-17-5-3-2-4-6-17/h2-10H,11-13H2,1H3,(H,24,31)(H,25,28,32). The van der Waals surface area contributed by atoms with Crippen LogP contribution in [0.25, 0.3) is 5.69 Å². The number of aromatic nitrogens is 5. The smallest absolute Gasteiger partial charge is 0.258 e. The molecule has 13 heteroatoms. The van der Waals surface area contributed by atoms with Crippen LogP contribution in [0.4, 0.5) is 9.52 Å². The summed E-state index contributed by atoms with van der Waals surface area (Å²) >= 11 is 2.42. The molecule has 0 fully saturated rings. The molecule has 4 rings (SSSR count). The minimum atomic E-state index is -0.393. The fraction of sp³-hybridized carbons (Fsp3) is 0.182. The Balaban J connectivity index is 1.42. The molecule has 0 radical (unpaired) electrons. The highest BCUT2D eigenvalue weighted by molar-refractivity contribution is 7.99. The Labute approximate surface area is 207 Å². The zero-order chi connectivity index (χ0) is 24.6. The number of halogens is 1. The van der Waals surface area contributed by atoms with Gasteiger partial charge in [0.2, 0.25) is 11.0 Å². The Morgan fingerprint density at radius 3 is 2.51 bits per heavy atom. The number of rotatable bonds is 10. The van der Waals surface area contributed by atoms with E-state index in [4.69, 9.17) is 4.74 Å². The summed E-state index contributed by atoms with van der Waals surface area (Å²) in [5, 5.41) is 23.0. The van der Waals surface area contributed by atoms with Crippen molar-refractivity contribution in [2.24, 2.45) is 0 Å². The van der Waals surface area contributed by atoms with Crippen molar-refractivity contribution in [1.29, 1.82) is 0 Å². The zero-order valence-electron chi connectivity index (χ0n) is 18.5. The predicted octanol–water partition coefficient (Wildman–Crippen LogP) is 2.99. The lowest BCUT2D eigenvalue weighted by Gasteiger charge is -2.11. The minimum absolute atomic E-state index is 0.0369. The Hall–Kier alpha value is -3.84. The third-order valence-electron chi connectivity index (χ3n) is 4.45. The number of aryl methyl sites for hydroxylation is 1. The van der Waals surface area contributed by atoms with Gasteiger partial charge in [0.1, 0.15) is 16.6 Å². The van der Waals surface area contributed by atoms with Gasteiger partial charge in [-0.15, -0.1) is 20.4 Å². The molecule has 0 bridgehead atoms. The SMILES string of the molecule is Cc1nnc(NC(=O)CSc2nnc(CNC(=O)COc3ccccc3)n2-c2ccc(F)cc2)s1. The highest BCUT2D eigenvalue weighted by atomic mass is 32.2. The summed E-state index contributed by atoms with van der Waals surface area (Å²) in [5.74, 6) is 0.00632. The second-order valence-corrected chi connectivity index (χ2v) is 9.18. The average molecular weight is 514 g/mol. The van der Waals surface area contributed by atoms with Crippen molar-refractivity contribution in [2.75, 3.05) is 17.7 Å². The van der Waals surface area contributed by atoms with Crippen molar-refractivity contribution in [1.82, 2.24) is 30.3 Å². The number of ether oxygens (including phenoxy) is 1. The van der Waals surface area contributed by atoms with E-state index in [2.05, 4.69) is 31.0 Å². The molecule has 0 aliphatic heterocycles. The third-order valence-corrected chi connectivity index (χ3v) is 6.13. The molecular weight excluding hydrogens is 493 g/mol. The summed E-state index contributed by atoms with van der Waals surface area (Å²) in [7, 11) is 0. The molecule has 2 heterocycles. The Morgan fingerprint density at radius 2 is 1.80 bits per heavy atom. The fourth-order valence-electron chi connectivity index (χ4n) is 2.88. The third kappa shape index (κ3) is 6.83. The van der Waals surface area contributed by atoms with Crippen molar-refractivity contribution in [2.45, 2.75) is 18.6 Å². The summed E-state index contributed by atoms with van der Waals surface area (Å²) in [5.41, 5.74) is 0.587. The van der Waals surface area contributed by atoms with Gasteiger partial charge in [0.25, 0.3) is 5.91 Å². The quantitative estimate of drug-likeness (QED) is 0.310. The predicted molar refractivity (Wildman–Crippen MR) is 129 cm³/mol. The van der Waals surface area contributed by atoms with Crippen LogP contribution in [0, 0.1) is 12.7 Å². The first-order valence-electron chi connectivity index (χ1n) is 10.4. The van der Waals surface area contributed by atoms with Crippen molar-refractivity contribution < 1.29 is 18.7 Å². The summed E-state index contributed by atoms with van der Waals surface area (Å²) in [6.07, 6.45) is 0. The normalized spacial score (nSPS) is 10.7. The lowest BCUT2D eigenvalue weighted by molar-refractivity contribution is -0.123. The topological polar surface area (TPSA) is 124 Å². The zero-order valence-corrected chi connectivity index (χ0v) is 20.1. The van der Waals surface area contributed by atoms with Crippen molar-refractivity contribution >= 4 is 40.0 Å². The number of nitrogens with zero attached hydrogens (tertiary/aromatic N) is 5. The van der Waals surface area contributed by atoms with E-state index in [1.807, 2.05) is 18.2 Å². The van der Waals surface area contributed by atoms with Gasteiger partial charge in [-0.3, -0.25) is 19.5 Å². The number of thioether (sulfide) groups is 1. The number of carbonyl (C=O) groups excluding carboxylic acids is 2. The van der Waals surface area contributed by atoms with Crippen LogP contribution in [0.2, 0.25) is 0 Å². The Bertz CT molecular complexity index is 1300. The molecule has 0 aliphatic carbocycles. The molecule has 0 atom stereocenters. The van der Waals surface area contributed by atoms with Gasteiger partial charge < -0.3 is 10.1 Å². The molecule has 0 aliphatic rings. The van der Waals surface area contributed by atoms with E-state index < -0.39 is 5.82 Å². The van der Waals surface area contributed by atoms with E-state index in [9.17, 15) is 14.0 Å². The molecule has 2 aromatic heterocycles. The maximum Gasteiger partial charge on any atom is 0.258 e. The first kappa shape index (κ1) is 24.3. The first-order valence-corrected chi connectivity index (χ1v) is 12.2. The molecule has 0 saturated carbocycles. The van der Waals surface area contributed by atoms with Gasteiger partial charge in [-0.25, -0.2) is 4.39 Å². The van der Waals surface area contributed by atoms with Crippen LogP contribution in [0.1, 0.15) is 10.8 Å². The van der Waals surface area contributed by atoms with Crippen LogP contribution in [0.3, 0.4) is 0 Å². The lowest BCUT2D eigenvalue weighted by Crippen LogP contribution is -2.29. The molecule has 180 valence electrons. The highest BCUT2D eigenvalue weighted by Gasteiger charge is 2.17. The molecule has 4 aromatic rings. The molecule has 0 spiro atoms. The number of hydrogen-bond acceptors (Lipinski definition) is 9. The summed E-state index contributed by atoms with van der Waals surface area (Å²) < 4.78 is 20.6. The van der Waals surface area contributed by atoms with Crippen LogP contribution >= 0.6 is 23.1 Å². The largest absolute Gasteiger partial charge is 0.484 e. The molecule has 0 saturated heterocycles. The molecule has 0 unspecified atom stereocenters. The lowest BCUT2D eigenvalue weighted by atomic mass is 10.3. The monoisotopic (exact) mass is 513 g/mol. The van der Waals surface area contributed by atoms with E-state index in [1.165, 1.54) is 23.5 Å². The van der Waals surface area contributed by atoms with Gasteiger partial charge >= 0.3 is 0 Å². The van der Waals surface area contributed by atoms with Gasteiger partial charge in [-0.05, 0) is 43.3 Å². The average Bonchev–Trinajstić information content (AvgIpc) is 3.46.